The lowest BCUT2D eigenvalue weighted by Gasteiger charge is -2.36. The van der Waals surface area contributed by atoms with Crippen molar-refractivity contribution in [1.29, 1.82) is 5.26 Å². The topological polar surface area (TPSA) is 47.3 Å². The van der Waals surface area contributed by atoms with Crippen molar-refractivity contribution in [2.45, 2.75) is 4.90 Å². The molecule has 1 aliphatic heterocycles. The van der Waals surface area contributed by atoms with E-state index in [-0.39, 0.29) is 5.91 Å². The number of rotatable bonds is 4. The summed E-state index contributed by atoms with van der Waals surface area (Å²) in [4.78, 5) is 17.9. The third kappa shape index (κ3) is 4.28. The zero-order valence-corrected chi connectivity index (χ0v) is 15.3. The van der Waals surface area contributed by atoms with Crippen LogP contribution in [-0.2, 0) is 0 Å². The number of anilines is 1. The largest absolute Gasteiger partial charge is 0.368 e. The zero-order chi connectivity index (χ0) is 17.6. The molecule has 1 saturated heterocycles. The van der Waals surface area contributed by atoms with Gasteiger partial charge < -0.3 is 9.80 Å². The van der Waals surface area contributed by atoms with Crippen molar-refractivity contribution >= 4 is 35.0 Å². The lowest BCUT2D eigenvalue weighted by molar-refractivity contribution is 0.0743. The molecule has 4 nitrogen and oxygen atoms in total. The molecule has 2 aromatic carbocycles. The van der Waals surface area contributed by atoms with Crippen LogP contribution >= 0.6 is 23.4 Å². The SMILES string of the molecule is N#CCSc1ccccc1C(=O)N1CCN(c2cccc(Cl)c2)CC1. The molecule has 1 amide bonds. The van der Waals surface area contributed by atoms with E-state index < -0.39 is 0 Å². The highest BCUT2D eigenvalue weighted by Crippen LogP contribution is 2.25. The first kappa shape index (κ1) is 17.7. The molecule has 0 unspecified atom stereocenters. The molecular weight excluding hydrogens is 354 g/mol. The Hall–Kier alpha value is -2.16. The third-order valence-electron chi connectivity index (χ3n) is 4.15. The molecule has 0 aromatic heterocycles. The van der Waals surface area contributed by atoms with Crippen LogP contribution in [0.15, 0.2) is 53.4 Å². The quantitative estimate of drug-likeness (QED) is 0.764. The molecular formula is C19H18ClN3OS. The van der Waals surface area contributed by atoms with Crippen molar-refractivity contribution in [3.63, 3.8) is 0 Å². The Balaban J connectivity index is 1.67. The molecule has 128 valence electrons. The second kappa shape index (κ2) is 8.28. The molecule has 1 aliphatic rings. The van der Waals surface area contributed by atoms with Gasteiger partial charge in [-0.2, -0.15) is 5.26 Å². The van der Waals surface area contributed by atoms with Gasteiger partial charge >= 0.3 is 0 Å². The molecule has 0 radical (unpaired) electrons. The van der Waals surface area contributed by atoms with Crippen molar-refractivity contribution in [3.8, 4) is 6.07 Å². The minimum atomic E-state index is 0.0341. The summed E-state index contributed by atoms with van der Waals surface area (Å²) in [7, 11) is 0. The van der Waals surface area contributed by atoms with Gasteiger partial charge in [0.15, 0.2) is 0 Å². The van der Waals surface area contributed by atoms with E-state index in [9.17, 15) is 4.79 Å². The van der Waals surface area contributed by atoms with Gasteiger partial charge in [0.1, 0.15) is 0 Å². The molecule has 1 fully saturated rings. The Morgan fingerprint density at radius 3 is 2.60 bits per heavy atom. The van der Waals surface area contributed by atoms with Gasteiger partial charge in [0.2, 0.25) is 0 Å². The normalized spacial score (nSPS) is 14.2. The summed E-state index contributed by atoms with van der Waals surface area (Å²) in [5.41, 5.74) is 1.77. The highest BCUT2D eigenvalue weighted by Gasteiger charge is 2.24. The Bertz CT molecular complexity index is 797. The molecule has 0 bridgehead atoms. The molecule has 25 heavy (non-hydrogen) atoms. The summed E-state index contributed by atoms with van der Waals surface area (Å²) < 4.78 is 0. The summed E-state index contributed by atoms with van der Waals surface area (Å²) >= 11 is 7.47. The van der Waals surface area contributed by atoms with Gasteiger partial charge in [0.25, 0.3) is 5.91 Å². The lowest BCUT2D eigenvalue weighted by atomic mass is 10.1. The predicted molar refractivity (Wildman–Crippen MR) is 102 cm³/mol. The Morgan fingerprint density at radius 1 is 1.12 bits per heavy atom. The van der Waals surface area contributed by atoms with Gasteiger partial charge in [-0.15, -0.1) is 11.8 Å². The van der Waals surface area contributed by atoms with Gasteiger partial charge in [0, 0.05) is 41.8 Å². The van der Waals surface area contributed by atoms with Crippen LogP contribution in [0.3, 0.4) is 0 Å². The summed E-state index contributed by atoms with van der Waals surface area (Å²) in [5.74, 6) is 0.374. The molecule has 1 heterocycles. The van der Waals surface area contributed by atoms with E-state index >= 15 is 0 Å². The summed E-state index contributed by atoms with van der Waals surface area (Å²) in [6.07, 6.45) is 0. The van der Waals surface area contributed by atoms with Gasteiger partial charge in [-0.3, -0.25) is 4.79 Å². The van der Waals surface area contributed by atoms with Crippen molar-refractivity contribution in [2.24, 2.45) is 0 Å². The van der Waals surface area contributed by atoms with E-state index in [1.54, 1.807) is 0 Å². The first-order valence-electron chi connectivity index (χ1n) is 8.07. The highest BCUT2D eigenvalue weighted by molar-refractivity contribution is 7.99. The van der Waals surface area contributed by atoms with Crippen LogP contribution in [0.5, 0.6) is 0 Å². The minimum Gasteiger partial charge on any atom is -0.368 e. The zero-order valence-electron chi connectivity index (χ0n) is 13.7. The molecule has 0 N–H and O–H groups in total. The molecule has 0 atom stereocenters. The highest BCUT2D eigenvalue weighted by atomic mass is 35.5. The average molecular weight is 372 g/mol. The monoisotopic (exact) mass is 371 g/mol. The maximum atomic E-state index is 12.9. The maximum absolute atomic E-state index is 12.9. The van der Waals surface area contributed by atoms with Crippen molar-refractivity contribution in [2.75, 3.05) is 36.8 Å². The summed E-state index contributed by atoms with van der Waals surface area (Å²) in [5, 5.41) is 9.50. The van der Waals surface area contributed by atoms with Crippen LogP contribution in [0.4, 0.5) is 5.69 Å². The number of piperazine rings is 1. The fraction of sp³-hybridized carbons (Fsp3) is 0.263. The lowest BCUT2D eigenvalue weighted by Crippen LogP contribution is -2.48. The van der Waals surface area contributed by atoms with Crippen molar-refractivity contribution < 1.29 is 4.79 Å². The number of nitrogens with zero attached hydrogens (tertiary/aromatic N) is 3. The van der Waals surface area contributed by atoms with E-state index in [1.165, 1.54) is 11.8 Å². The predicted octanol–water partition coefficient (Wildman–Crippen LogP) is 3.92. The standard InChI is InChI=1S/C19H18ClN3OS/c20-15-4-3-5-16(14-15)22-9-11-23(12-10-22)19(24)17-6-1-2-7-18(17)25-13-8-21/h1-7,14H,9-13H2. The van der Waals surface area contributed by atoms with E-state index in [4.69, 9.17) is 16.9 Å². The molecule has 6 heteroatoms. The summed E-state index contributed by atoms with van der Waals surface area (Å²) in [6, 6.07) is 17.4. The smallest absolute Gasteiger partial charge is 0.255 e. The fourth-order valence-electron chi connectivity index (χ4n) is 2.89. The number of amides is 1. The fourth-order valence-corrected chi connectivity index (χ4v) is 3.78. The Morgan fingerprint density at radius 2 is 1.88 bits per heavy atom. The van der Waals surface area contributed by atoms with Crippen molar-refractivity contribution in [3.05, 3.63) is 59.1 Å². The number of halogens is 1. The van der Waals surface area contributed by atoms with Gasteiger partial charge in [-0.25, -0.2) is 0 Å². The summed E-state index contributed by atoms with van der Waals surface area (Å²) in [6.45, 7) is 2.89. The van der Waals surface area contributed by atoms with Gasteiger partial charge in [-0.05, 0) is 30.3 Å². The number of thioether (sulfide) groups is 1. The number of benzene rings is 2. The van der Waals surface area contributed by atoms with E-state index in [2.05, 4.69) is 11.0 Å². The van der Waals surface area contributed by atoms with Crippen molar-refractivity contribution in [1.82, 2.24) is 4.90 Å². The Kier molecular flexibility index (Phi) is 5.85. The average Bonchev–Trinajstić information content (AvgIpc) is 2.66. The molecule has 3 rings (SSSR count). The second-order valence-corrected chi connectivity index (χ2v) is 7.16. The molecule has 0 aliphatic carbocycles. The number of hydrogen-bond donors (Lipinski definition) is 0. The van der Waals surface area contributed by atoms with Crippen LogP contribution < -0.4 is 4.90 Å². The number of carbonyl (C=O) groups is 1. The Labute approximate surface area is 157 Å². The van der Waals surface area contributed by atoms with E-state index in [1.807, 2.05) is 53.4 Å². The third-order valence-corrected chi connectivity index (χ3v) is 5.33. The minimum absolute atomic E-state index is 0.0341. The first-order valence-corrected chi connectivity index (χ1v) is 9.44. The van der Waals surface area contributed by atoms with E-state index in [0.29, 0.717) is 24.4 Å². The second-order valence-electron chi connectivity index (χ2n) is 5.70. The van der Waals surface area contributed by atoms with Crippen LogP contribution in [0, 0.1) is 11.3 Å². The van der Waals surface area contributed by atoms with Crippen LogP contribution in [0.1, 0.15) is 10.4 Å². The molecule has 0 spiro atoms. The molecule has 2 aromatic rings. The van der Waals surface area contributed by atoms with Gasteiger partial charge in [0.05, 0.1) is 17.4 Å². The first-order chi connectivity index (χ1) is 12.2. The van der Waals surface area contributed by atoms with Crippen LogP contribution in [0.25, 0.3) is 0 Å². The number of carbonyl (C=O) groups excluding carboxylic acids is 1. The van der Waals surface area contributed by atoms with Gasteiger partial charge in [-0.1, -0.05) is 29.8 Å². The number of nitriles is 1. The molecule has 0 saturated carbocycles. The maximum Gasteiger partial charge on any atom is 0.255 e. The van der Waals surface area contributed by atoms with Crippen LogP contribution in [-0.4, -0.2) is 42.7 Å². The van der Waals surface area contributed by atoms with Crippen LogP contribution in [0.2, 0.25) is 5.02 Å². The number of hydrogen-bond acceptors (Lipinski definition) is 4. The van der Waals surface area contributed by atoms with E-state index in [0.717, 1.165) is 28.7 Å².